The largest absolute Gasteiger partial charge is 0.481 e. The third-order valence-corrected chi connectivity index (χ3v) is 3.35. The highest BCUT2D eigenvalue weighted by Gasteiger charge is 2.14. The summed E-state index contributed by atoms with van der Waals surface area (Å²) >= 11 is 0. The minimum absolute atomic E-state index is 0.133. The number of aromatic nitrogens is 2. The molecule has 0 aliphatic heterocycles. The molecule has 2 aromatic heterocycles. The zero-order valence-corrected chi connectivity index (χ0v) is 12.5. The van der Waals surface area contributed by atoms with Crippen LogP contribution in [0.4, 0.5) is 5.69 Å². The molecule has 0 amide bonds. The van der Waals surface area contributed by atoms with Crippen LogP contribution in [-0.4, -0.2) is 23.6 Å². The van der Waals surface area contributed by atoms with Crippen LogP contribution in [0.5, 0.6) is 5.88 Å². The van der Waals surface area contributed by atoms with Crippen molar-refractivity contribution in [1.29, 1.82) is 0 Å². The summed E-state index contributed by atoms with van der Waals surface area (Å²) in [7, 11) is 1.62. The lowest BCUT2D eigenvalue weighted by molar-refractivity contribution is 0.397. The summed E-state index contributed by atoms with van der Waals surface area (Å²) in [6, 6.07) is 5.87. The number of rotatable bonds is 7. The second-order valence-corrected chi connectivity index (χ2v) is 4.92. The lowest BCUT2D eigenvalue weighted by Gasteiger charge is -2.20. The molecule has 112 valence electrons. The van der Waals surface area contributed by atoms with Gasteiger partial charge in [0.1, 0.15) is 0 Å². The highest BCUT2D eigenvalue weighted by molar-refractivity contribution is 5.46. The van der Waals surface area contributed by atoms with Gasteiger partial charge in [0.15, 0.2) is 0 Å². The zero-order chi connectivity index (χ0) is 15.1. The molecule has 5 nitrogen and oxygen atoms in total. The van der Waals surface area contributed by atoms with Crippen molar-refractivity contribution in [3.05, 3.63) is 47.9 Å². The predicted molar refractivity (Wildman–Crippen MR) is 84.2 cm³/mol. The van der Waals surface area contributed by atoms with Gasteiger partial charge >= 0.3 is 0 Å². The Morgan fingerprint density at radius 3 is 2.76 bits per heavy atom. The lowest BCUT2D eigenvalue weighted by Crippen LogP contribution is -2.25. The second kappa shape index (κ2) is 7.59. The van der Waals surface area contributed by atoms with Gasteiger partial charge < -0.3 is 15.8 Å². The first-order chi connectivity index (χ1) is 10.2. The van der Waals surface area contributed by atoms with E-state index < -0.39 is 0 Å². The van der Waals surface area contributed by atoms with Crippen LogP contribution in [0.2, 0.25) is 0 Å². The molecule has 0 fully saturated rings. The minimum Gasteiger partial charge on any atom is -0.481 e. The Kier molecular flexibility index (Phi) is 5.51. The number of hydrogen-bond donors (Lipinski definition) is 2. The van der Waals surface area contributed by atoms with Crippen LogP contribution in [0.15, 0.2) is 36.8 Å². The van der Waals surface area contributed by atoms with Crippen LogP contribution < -0.4 is 15.8 Å². The molecular formula is C16H22N4O. The maximum Gasteiger partial charge on any atom is 0.212 e. The van der Waals surface area contributed by atoms with Gasteiger partial charge in [-0.05, 0) is 31.0 Å². The van der Waals surface area contributed by atoms with Gasteiger partial charge in [-0.15, -0.1) is 0 Å². The van der Waals surface area contributed by atoms with Crippen LogP contribution in [0.1, 0.15) is 30.5 Å². The van der Waals surface area contributed by atoms with Gasteiger partial charge in [-0.1, -0.05) is 13.0 Å². The van der Waals surface area contributed by atoms with Gasteiger partial charge in [0, 0.05) is 41.9 Å². The fourth-order valence-corrected chi connectivity index (χ4v) is 2.21. The van der Waals surface area contributed by atoms with E-state index in [1.807, 2.05) is 30.6 Å². The highest BCUT2D eigenvalue weighted by Crippen LogP contribution is 2.23. The SMILES string of the molecule is CCCNC(Cc1ccc(OC)nc1)c1cnccc1N. The number of nitrogen functional groups attached to an aromatic ring is 1. The van der Waals surface area contributed by atoms with Gasteiger partial charge in [-0.2, -0.15) is 0 Å². The molecule has 0 aliphatic rings. The first kappa shape index (κ1) is 15.3. The van der Waals surface area contributed by atoms with Crippen molar-refractivity contribution in [2.75, 3.05) is 19.4 Å². The first-order valence-electron chi connectivity index (χ1n) is 7.16. The van der Waals surface area contributed by atoms with E-state index >= 15 is 0 Å². The average molecular weight is 286 g/mol. The molecule has 1 atom stereocenters. The summed E-state index contributed by atoms with van der Waals surface area (Å²) in [5, 5.41) is 3.52. The molecule has 0 saturated heterocycles. The van der Waals surface area contributed by atoms with E-state index in [1.54, 1.807) is 13.3 Å². The van der Waals surface area contributed by atoms with Gasteiger partial charge in [0.25, 0.3) is 0 Å². The Bertz CT molecular complexity index is 556. The standard InChI is InChI=1S/C16H22N4O/c1-3-7-19-15(13-11-18-8-6-14(13)17)9-12-4-5-16(21-2)20-10-12/h4-6,8,10-11,15,19H,3,7,9H2,1-2H3,(H2,17,18). The average Bonchev–Trinajstić information content (AvgIpc) is 2.53. The van der Waals surface area contributed by atoms with Crippen LogP contribution in [0.3, 0.4) is 0 Å². The molecule has 5 heteroatoms. The first-order valence-corrected chi connectivity index (χ1v) is 7.16. The summed E-state index contributed by atoms with van der Waals surface area (Å²) in [5.74, 6) is 0.623. The summed E-state index contributed by atoms with van der Waals surface area (Å²) in [6.07, 6.45) is 7.26. The van der Waals surface area contributed by atoms with E-state index in [1.165, 1.54) is 0 Å². The Hall–Kier alpha value is -2.14. The smallest absolute Gasteiger partial charge is 0.212 e. The Morgan fingerprint density at radius 1 is 1.29 bits per heavy atom. The molecule has 0 radical (unpaired) electrons. The van der Waals surface area contributed by atoms with E-state index in [0.29, 0.717) is 5.88 Å². The number of nitrogens with one attached hydrogen (secondary N) is 1. The number of methoxy groups -OCH3 is 1. The van der Waals surface area contributed by atoms with Crippen molar-refractivity contribution < 1.29 is 4.74 Å². The number of nitrogens with zero attached hydrogens (tertiary/aromatic N) is 2. The van der Waals surface area contributed by atoms with E-state index in [4.69, 9.17) is 10.5 Å². The Balaban J connectivity index is 2.17. The van der Waals surface area contributed by atoms with Crippen molar-refractivity contribution in [3.63, 3.8) is 0 Å². The maximum atomic E-state index is 6.08. The van der Waals surface area contributed by atoms with Gasteiger partial charge in [-0.25, -0.2) is 4.98 Å². The highest BCUT2D eigenvalue weighted by atomic mass is 16.5. The number of hydrogen-bond acceptors (Lipinski definition) is 5. The molecule has 0 saturated carbocycles. The Labute approximate surface area is 125 Å². The third-order valence-electron chi connectivity index (χ3n) is 3.35. The molecule has 2 aromatic rings. The van der Waals surface area contributed by atoms with Crippen molar-refractivity contribution in [2.24, 2.45) is 0 Å². The summed E-state index contributed by atoms with van der Waals surface area (Å²) in [6.45, 7) is 3.08. The summed E-state index contributed by atoms with van der Waals surface area (Å²) < 4.78 is 5.09. The van der Waals surface area contributed by atoms with Gasteiger partial charge in [0.2, 0.25) is 5.88 Å². The molecular weight excluding hydrogens is 264 g/mol. The van der Waals surface area contributed by atoms with Crippen molar-refractivity contribution >= 4 is 5.69 Å². The minimum atomic E-state index is 0.133. The molecule has 21 heavy (non-hydrogen) atoms. The molecule has 3 N–H and O–H groups in total. The third kappa shape index (κ3) is 4.16. The van der Waals surface area contributed by atoms with E-state index in [0.717, 1.165) is 36.2 Å². The number of anilines is 1. The van der Waals surface area contributed by atoms with Crippen LogP contribution in [0, 0.1) is 0 Å². The van der Waals surface area contributed by atoms with E-state index in [9.17, 15) is 0 Å². The number of ether oxygens (including phenoxy) is 1. The number of pyridine rings is 2. The predicted octanol–water partition coefficient (Wildman–Crippen LogP) is 2.35. The summed E-state index contributed by atoms with van der Waals surface area (Å²) in [4.78, 5) is 8.44. The topological polar surface area (TPSA) is 73.1 Å². The maximum absolute atomic E-state index is 6.08. The van der Waals surface area contributed by atoms with Crippen molar-refractivity contribution in [3.8, 4) is 5.88 Å². The molecule has 0 aromatic carbocycles. The van der Waals surface area contributed by atoms with Crippen molar-refractivity contribution in [2.45, 2.75) is 25.8 Å². The molecule has 0 spiro atoms. The summed E-state index contributed by atoms with van der Waals surface area (Å²) in [5.41, 5.74) is 9.00. The fraction of sp³-hybridized carbons (Fsp3) is 0.375. The molecule has 1 unspecified atom stereocenters. The van der Waals surface area contributed by atoms with Crippen LogP contribution in [-0.2, 0) is 6.42 Å². The molecule has 0 bridgehead atoms. The normalized spacial score (nSPS) is 12.1. The van der Waals surface area contributed by atoms with Crippen LogP contribution in [0.25, 0.3) is 0 Å². The monoisotopic (exact) mass is 286 g/mol. The fourth-order valence-electron chi connectivity index (χ4n) is 2.21. The lowest BCUT2D eigenvalue weighted by atomic mass is 10.00. The zero-order valence-electron chi connectivity index (χ0n) is 12.5. The van der Waals surface area contributed by atoms with Crippen molar-refractivity contribution in [1.82, 2.24) is 15.3 Å². The van der Waals surface area contributed by atoms with E-state index in [-0.39, 0.29) is 6.04 Å². The molecule has 2 heterocycles. The van der Waals surface area contributed by atoms with Gasteiger partial charge in [-0.3, -0.25) is 4.98 Å². The number of nitrogens with two attached hydrogens (primary N) is 1. The second-order valence-electron chi connectivity index (χ2n) is 4.92. The molecule has 0 aliphatic carbocycles. The Morgan fingerprint density at radius 2 is 2.14 bits per heavy atom. The quantitative estimate of drug-likeness (QED) is 0.817. The molecule has 2 rings (SSSR count). The van der Waals surface area contributed by atoms with Crippen LogP contribution >= 0.6 is 0 Å². The van der Waals surface area contributed by atoms with Gasteiger partial charge in [0.05, 0.1) is 7.11 Å². The van der Waals surface area contributed by atoms with E-state index in [2.05, 4.69) is 22.2 Å².